The van der Waals surface area contributed by atoms with Crippen LogP contribution in [0.2, 0.25) is 0 Å². The molecule has 0 radical (unpaired) electrons. The first-order chi connectivity index (χ1) is 13.0. The molecule has 4 rings (SSSR count). The first-order valence-electron chi connectivity index (χ1n) is 10.1. The quantitative estimate of drug-likeness (QED) is 0.850. The van der Waals surface area contributed by atoms with Crippen molar-refractivity contribution in [3.05, 3.63) is 30.3 Å². The van der Waals surface area contributed by atoms with Gasteiger partial charge in [-0.25, -0.2) is 8.42 Å². The second-order valence-electron chi connectivity index (χ2n) is 8.24. The highest BCUT2D eigenvalue weighted by atomic mass is 32.2. The monoisotopic (exact) mass is 391 g/mol. The zero-order valence-corrected chi connectivity index (χ0v) is 16.5. The van der Waals surface area contributed by atoms with E-state index >= 15 is 0 Å². The van der Waals surface area contributed by atoms with Gasteiger partial charge in [0.2, 0.25) is 15.9 Å². The number of hydrogen-bond donors (Lipinski definition) is 1. The third-order valence-corrected chi connectivity index (χ3v) is 8.61. The SMILES string of the molecule is NC1C2CCCC1CC(C(=O)N1CCN(S(=O)(=O)c3ccccc3)CC1)C2. The van der Waals surface area contributed by atoms with Gasteiger partial charge in [0, 0.05) is 38.1 Å². The first-order valence-corrected chi connectivity index (χ1v) is 11.5. The highest BCUT2D eigenvalue weighted by Crippen LogP contribution is 2.42. The highest BCUT2D eigenvalue weighted by Gasteiger charge is 2.42. The van der Waals surface area contributed by atoms with Crippen molar-refractivity contribution in [1.82, 2.24) is 9.21 Å². The molecule has 148 valence electrons. The molecule has 1 saturated heterocycles. The Labute approximate surface area is 161 Å². The van der Waals surface area contributed by atoms with Crippen LogP contribution < -0.4 is 5.73 Å². The van der Waals surface area contributed by atoms with Crippen LogP contribution in [0.15, 0.2) is 35.2 Å². The lowest BCUT2D eigenvalue weighted by atomic mass is 9.65. The fourth-order valence-corrected chi connectivity index (χ4v) is 6.58. The number of nitrogens with two attached hydrogens (primary N) is 1. The van der Waals surface area contributed by atoms with Gasteiger partial charge in [-0.1, -0.05) is 24.6 Å². The van der Waals surface area contributed by atoms with Crippen molar-refractivity contribution in [1.29, 1.82) is 0 Å². The fourth-order valence-electron chi connectivity index (χ4n) is 5.14. The molecule has 2 atom stereocenters. The maximum Gasteiger partial charge on any atom is 0.243 e. The van der Waals surface area contributed by atoms with Crippen LogP contribution in [-0.2, 0) is 14.8 Å². The van der Waals surface area contributed by atoms with E-state index in [1.54, 1.807) is 30.3 Å². The van der Waals surface area contributed by atoms with Crippen LogP contribution >= 0.6 is 0 Å². The van der Waals surface area contributed by atoms with Gasteiger partial charge < -0.3 is 10.6 Å². The van der Waals surface area contributed by atoms with Crippen LogP contribution in [0.1, 0.15) is 32.1 Å². The van der Waals surface area contributed by atoms with Crippen molar-refractivity contribution in [2.45, 2.75) is 43.0 Å². The van der Waals surface area contributed by atoms with Gasteiger partial charge in [0.1, 0.15) is 0 Å². The lowest BCUT2D eigenvalue weighted by molar-refractivity contribution is -0.139. The van der Waals surface area contributed by atoms with Crippen molar-refractivity contribution in [2.24, 2.45) is 23.5 Å². The second-order valence-corrected chi connectivity index (χ2v) is 10.2. The maximum atomic E-state index is 13.0. The molecule has 1 aliphatic heterocycles. The van der Waals surface area contributed by atoms with E-state index < -0.39 is 10.0 Å². The fraction of sp³-hybridized carbons (Fsp3) is 0.650. The lowest BCUT2D eigenvalue weighted by Crippen LogP contribution is -2.54. The Morgan fingerprint density at radius 1 is 0.963 bits per heavy atom. The molecule has 2 aliphatic carbocycles. The summed E-state index contributed by atoms with van der Waals surface area (Å²) in [6, 6.07) is 8.78. The maximum absolute atomic E-state index is 13.0. The number of amides is 1. The third-order valence-electron chi connectivity index (χ3n) is 6.69. The van der Waals surface area contributed by atoms with Crippen LogP contribution in [-0.4, -0.2) is 55.8 Å². The van der Waals surface area contributed by atoms with Gasteiger partial charge in [-0.3, -0.25) is 4.79 Å². The van der Waals surface area contributed by atoms with Gasteiger partial charge in [0.15, 0.2) is 0 Å². The molecule has 2 saturated carbocycles. The molecule has 3 fully saturated rings. The summed E-state index contributed by atoms with van der Waals surface area (Å²) in [6.07, 6.45) is 5.33. The molecule has 2 unspecified atom stereocenters. The van der Waals surface area contributed by atoms with E-state index in [0.29, 0.717) is 42.9 Å². The minimum Gasteiger partial charge on any atom is -0.340 e. The molecule has 1 amide bonds. The molecular weight excluding hydrogens is 362 g/mol. The summed E-state index contributed by atoms with van der Waals surface area (Å²) in [5.41, 5.74) is 6.35. The number of benzene rings is 1. The Bertz CT molecular complexity index is 761. The number of carbonyl (C=O) groups excluding carboxylic acids is 1. The van der Waals surface area contributed by atoms with Crippen molar-refractivity contribution < 1.29 is 13.2 Å². The average Bonchev–Trinajstić information content (AvgIpc) is 2.68. The average molecular weight is 392 g/mol. The van der Waals surface area contributed by atoms with Gasteiger partial charge in [0.25, 0.3) is 0 Å². The molecule has 6 nitrogen and oxygen atoms in total. The molecule has 27 heavy (non-hydrogen) atoms. The Morgan fingerprint density at radius 2 is 1.56 bits per heavy atom. The summed E-state index contributed by atoms with van der Waals surface area (Å²) < 4.78 is 27.0. The van der Waals surface area contributed by atoms with E-state index in [4.69, 9.17) is 5.73 Å². The number of nitrogens with zero attached hydrogens (tertiary/aromatic N) is 2. The summed E-state index contributed by atoms with van der Waals surface area (Å²) in [5.74, 6) is 1.23. The Balaban J connectivity index is 1.37. The lowest BCUT2D eigenvalue weighted by Gasteiger charge is -2.45. The standard InChI is InChI=1S/C20H29N3O3S/c21-19-15-5-4-6-16(19)14-17(13-15)20(24)22-9-11-23(12-10-22)27(25,26)18-7-2-1-3-8-18/h1-3,7-8,15-17,19H,4-6,9-14,21H2. The molecule has 1 heterocycles. The highest BCUT2D eigenvalue weighted by molar-refractivity contribution is 7.89. The van der Waals surface area contributed by atoms with E-state index in [9.17, 15) is 13.2 Å². The van der Waals surface area contributed by atoms with Crippen molar-refractivity contribution >= 4 is 15.9 Å². The van der Waals surface area contributed by atoms with Gasteiger partial charge in [0.05, 0.1) is 4.90 Å². The van der Waals surface area contributed by atoms with Gasteiger partial charge in [-0.05, 0) is 49.7 Å². The number of carbonyl (C=O) groups is 1. The molecule has 0 aromatic heterocycles. The van der Waals surface area contributed by atoms with Crippen LogP contribution in [0.25, 0.3) is 0 Å². The summed E-state index contributed by atoms with van der Waals surface area (Å²) >= 11 is 0. The van der Waals surface area contributed by atoms with Crippen LogP contribution in [0.5, 0.6) is 0 Å². The molecule has 3 aliphatic rings. The predicted octanol–water partition coefficient (Wildman–Crippen LogP) is 1.67. The zero-order valence-electron chi connectivity index (χ0n) is 15.7. The molecule has 0 spiro atoms. The molecule has 2 N–H and O–H groups in total. The van der Waals surface area contributed by atoms with Crippen LogP contribution in [0.4, 0.5) is 0 Å². The molecule has 1 aromatic rings. The van der Waals surface area contributed by atoms with E-state index in [1.807, 2.05) is 4.90 Å². The van der Waals surface area contributed by atoms with E-state index in [2.05, 4.69) is 0 Å². The molecule has 7 heteroatoms. The van der Waals surface area contributed by atoms with Gasteiger partial charge >= 0.3 is 0 Å². The Hall–Kier alpha value is -1.44. The number of hydrogen-bond acceptors (Lipinski definition) is 4. The second kappa shape index (κ2) is 7.53. The Kier molecular flexibility index (Phi) is 5.27. The normalized spacial score (nSPS) is 32.3. The topological polar surface area (TPSA) is 83.7 Å². The summed E-state index contributed by atoms with van der Waals surface area (Å²) in [6.45, 7) is 1.68. The minimum absolute atomic E-state index is 0.0670. The molecule has 1 aromatic carbocycles. The van der Waals surface area contributed by atoms with E-state index in [1.165, 1.54) is 10.7 Å². The predicted molar refractivity (Wildman–Crippen MR) is 103 cm³/mol. The molecular formula is C20H29N3O3S. The summed E-state index contributed by atoms with van der Waals surface area (Å²) in [7, 11) is -3.48. The number of fused-ring (bicyclic) bond motifs is 2. The number of rotatable bonds is 3. The largest absolute Gasteiger partial charge is 0.340 e. The van der Waals surface area contributed by atoms with E-state index in [-0.39, 0.29) is 17.9 Å². The van der Waals surface area contributed by atoms with Crippen molar-refractivity contribution in [2.75, 3.05) is 26.2 Å². The van der Waals surface area contributed by atoms with E-state index in [0.717, 1.165) is 25.7 Å². The van der Waals surface area contributed by atoms with Crippen LogP contribution in [0, 0.1) is 17.8 Å². The number of piperazine rings is 1. The van der Waals surface area contributed by atoms with Crippen molar-refractivity contribution in [3.8, 4) is 0 Å². The third kappa shape index (κ3) is 3.65. The van der Waals surface area contributed by atoms with Gasteiger partial charge in [-0.15, -0.1) is 0 Å². The summed E-state index contributed by atoms with van der Waals surface area (Å²) in [4.78, 5) is 15.2. The smallest absolute Gasteiger partial charge is 0.243 e. The minimum atomic E-state index is -3.48. The number of sulfonamides is 1. The van der Waals surface area contributed by atoms with Crippen LogP contribution in [0.3, 0.4) is 0 Å². The Morgan fingerprint density at radius 3 is 2.15 bits per heavy atom. The van der Waals surface area contributed by atoms with Gasteiger partial charge in [-0.2, -0.15) is 4.31 Å². The summed E-state index contributed by atoms with van der Waals surface area (Å²) in [5, 5.41) is 0. The first kappa shape index (κ1) is 18.9. The molecule has 2 bridgehead atoms. The van der Waals surface area contributed by atoms with Crippen molar-refractivity contribution in [3.63, 3.8) is 0 Å². The zero-order chi connectivity index (χ0) is 19.0.